The molecule has 1 aliphatic carbocycles. The summed E-state index contributed by atoms with van der Waals surface area (Å²) in [5.74, 6) is 0.610. The highest BCUT2D eigenvalue weighted by atomic mass is 16.1. The second kappa shape index (κ2) is 3.13. The van der Waals surface area contributed by atoms with Crippen LogP contribution < -0.4 is 5.43 Å². The lowest BCUT2D eigenvalue weighted by Gasteiger charge is -2.07. The van der Waals surface area contributed by atoms with Gasteiger partial charge in [-0.2, -0.15) is 0 Å². The van der Waals surface area contributed by atoms with Crippen molar-refractivity contribution in [3.63, 3.8) is 0 Å². The molecule has 1 aromatic heterocycles. The normalized spacial score (nSPS) is 18.3. The van der Waals surface area contributed by atoms with E-state index in [0.717, 1.165) is 5.69 Å². The first kappa shape index (κ1) is 7.59. The second-order valence-corrected chi connectivity index (χ2v) is 3.46. The average molecular weight is 163 g/mol. The Balaban J connectivity index is 2.27. The zero-order valence-electron chi connectivity index (χ0n) is 7.05. The molecule has 64 valence electrons. The molecule has 0 atom stereocenters. The quantitative estimate of drug-likeness (QED) is 0.675. The Morgan fingerprint density at radius 2 is 2.08 bits per heavy atom. The zero-order chi connectivity index (χ0) is 8.39. The minimum atomic E-state index is 0.121. The number of nitrogens with one attached hydrogen (secondary N) is 1. The summed E-state index contributed by atoms with van der Waals surface area (Å²) in [5, 5.41) is 0. The molecule has 2 heteroatoms. The van der Waals surface area contributed by atoms with E-state index in [1.807, 2.05) is 0 Å². The van der Waals surface area contributed by atoms with E-state index in [1.165, 1.54) is 25.7 Å². The molecule has 0 unspecified atom stereocenters. The van der Waals surface area contributed by atoms with Gasteiger partial charge in [-0.1, -0.05) is 12.8 Å². The fourth-order valence-corrected chi connectivity index (χ4v) is 1.94. The number of H-pyrrole nitrogens is 1. The van der Waals surface area contributed by atoms with Crippen molar-refractivity contribution in [1.82, 2.24) is 4.98 Å². The first-order valence-corrected chi connectivity index (χ1v) is 4.55. The maximum absolute atomic E-state index is 11.0. The largest absolute Gasteiger partial charge is 0.365 e. The molecule has 0 aliphatic heterocycles. The van der Waals surface area contributed by atoms with E-state index in [-0.39, 0.29) is 5.43 Å². The molecule has 12 heavy (non-hydrogen) atoms. The fourth-order valence-electron chi connectivity index (χ4n) is 1.94. The molecule has 1 N–H and O–H groups in total. The van der Waals surface area contributed by atoms with Crippen LogP contribution in [0, 0.1) is 0 Å². The maximum atomic E-state index is 11.0. The summed E-state index contributed by atoms with van der Waals surface area (Å²) in [7, 11) is 0. The van der Waals surface area contributed by atoms with E-state index >= 15 is 0 Å². The van der Waals surface area contributed by atoms with Gasteiger partial charge in [0.25, 0.3) is 0 Å². The number of hydrogen-bond donors (Lipinski definition) is 1. The van der Waals surface area contributed by atoms with Gasteiger partial charge in [0.1, 0.15) is 0 Å². The number of rotatable bonds is 1. The maximum Gasteiger partial charge on any atom is 0.181 e. The van der Waals surface area contributed by atoms with Gasteiger partial charge in [0, 0.05) is 24.0 Å². The van der Waals surface area contributed by atoms with Crippen molar-refractivity contribution in [2.75, 3.05) is 0 Å². The Morgan fingerprint density at radius 1 is 1.33 bits per heavy atom. The third kappa shape index (κ3) is 1.42. The summed E-state index contributed by atoms with van der Waals surface area (Å²) >= 11 is 0. The molecular formula is C10H13NO. The number of aromatic nitrogens is 1. The van der Waals surface area contributed by atoms with E-state index in [0.29, 0.717) is 5.92 Å². The Morgan fingerprint density at radius 3 is 2.75 bits per heavy atom. The van der Waals surface area contributed by atoms with Crippen molar-refractivity contribution < 1.29 is 0 Å². The van der Waals surface area contributed by atoms with Gasteiger partial charge in [-0.25, -0.2) is 0 Å². The first-order chi connectivity index (χ1) is 5.86. The van der Waals surface area contributed by atoms with Gasteiger partial charge in [0.15, 0.2) is 5.43 Å². The summed E-state index contributed by atoms with van der Waals surface area (Å²) in [5.41, 5.74) is 1.25. The van der Waals surface area contributed by atoms with Gasteiger partial charge < -0.3 is 4.98 Å². The molecule has 1 aromatic rings. The van der Waals surface area contributed by atoms with Crippen molar-refractivity contribution in [3.05, 3.63) is 34.2 Å². The lowest BCUT2D eigenvalue weighted by atomic mass is 10.0. The monoisotopic (exact) mass is 163 g/mol. The third-order valence-corrected chi connectivity index (χ3v) is 2.59. The van der Waals surface area contributed by atoms with Crippen LogP contribution in [-0.2, 0) is 0 Å². The standard InChI is InChI=1S/C10H13NO/c12-9-5-6-11-10(7-9)8-3-1-2-4-8/h5-8H,1-4H2,(H,11,12). The fraction of sp³-hybridized carbons (Fsp3) is 0.500. The van der Waals surface area contributed by atoms with E-state index in [1.54, 1.807) is 18.3 Å². The summed E-state index contributed by atoms with van der Waals surface area (Å²) in [6.07, 6.45) is 6.83. The molecule has 0 bridgehead atoms. The number of hydrogen-bond acceptors (Lipinski definition) is 1. The molecule has 0 saturated heterocycles. The molecule has 0 spiro atoms. The summed E-state index contributed by atoms with van der Waals surface area (Å²) in [6.45, 7) is 0. The van der Waals surface area contributed by atoms with Crippen LogP contribution in [0.4, 0.5) is 0 Å². The van der Waals surface area contributed by atoms with E-state index < -0.39 is 0 Å². The highest BCUT2D eigenvalue weighted by Crippen LogP contribution is 2.31. The van der Waals surface area contributed by atoms with Crippen LogP contribution in [0.25, 0.3) is 0 Å². The van der Waals surface area contributed by atoms with Crippen molar-refractivity contribution in [2.45, 2.75) is 31.6 Å². The molecule has 2 rings (SSSR count). The minimum Gasteiger partial charge on any atom is -0.365 e. The molecule has 1 heterocycles. The molecule has 0 amide bonds. The first-order valence-electron chi connectivity index (χ1n) is 4.55. The van der Waals surface area contributed by atoms with Crippen LogP contribution in [0.1, 0.15) is 37.3 Å². The molecular weight excluding hydrogens is 150 g/mol. The summed E-state index contributed by atoms with van der Waals surface area (Å²) < 4.78 is 0. The van der Waals surface area contributed by atoms with Gasteiger partial charge in [0.2, 0.25) is 0 Å². The number of pyridine rings is 1. The van der Waals surface area contributed by atoms with Crippen molar-refractivity contribution in [1.29, 1.82) is 0 Å². The van der Waals surface area contributed by atoms with E-state index in [2.05, 4.69) is 4.98 Å². The van der Waals surface area contributed by atoms with Crippen molar-refractivity contribution in [2.24, 2.45) is 0 Å². The molecule has 1 fully saturated rings. The van der Waals surface area contributed by atoms with Crippen molar-refractivity contribution >= 4 is 0 Å². The van der Waals surface area contributed by atoms with Gasteiger partial charge in [-0.15, -0.1) is 0 Å². The van der Waals surface area contributed by atoms with E-state index in [4.69, 9.17) is 0 Å². The molecule has 0 radical (unpaired) electrons. The molecule has 0 aromatic carbocycles. The zero-order valence-corrected chi connectivity index (χ0v) is 7.05. The average Bonchev–Trinajstić information content (AvgIpc) is 2.56. The lowest BCUT2D eigenvalue weighted by Crippen LogP contribution is -2.03. The van der Waals surface area contributed by atoms with Crippen LogP contribution in [0.3, 0.4) is 0 Å². The predicted octanol–water partition coefficient (Wildman–Crippen LogP) is 2.03. The Kier molecular flexibility index (Phi) is 1.98. The molecule has 1 aliphatic rings. The summed E-state index contributed by atoms with van der Waals surface area (Å²) in [4.78, 5) is 14.2. The molecule has 1 saturated carbocycles. The molecule has 2 nitrogen and oxygen atoms in total. The number of aromatic amines is 1. The SMILES string of the molecule is O=c1cc[nH]c(C2CCCC2)c1. The van der Waals surface area contributed by atoms with Gasteiger partial charge in [-0.3, -0.25) is 4.79 Å². The van der Waals surface area contributed by atoms with Crippen LogP contribution in [0.5, 0.6) is 0 Å². The Bertz CT molecular complexity index is 310. The Hall–Kier alpha value is -1.05. The smallest absolute Gasteiger partial charge is 0.181 e. The van der Waals surface area contributed by atoms with Crippen LogP contribution in [0.15, 0.2) is 23.1 Å². The van der Waals surface area contributed by atoms with E-state index in [9.17, 15) is 4.79 Å². The minimum absolute atomic E-state index is 0.121. The highest BCUT2D eigenvalue weighted by Gasteiger charge is 2.17. The third-order valence-electron chi connectivity index (χ3n) is 2.59. The van der Waals surface area contributed by atoms with Crippen molar-refractivity contribution in [3.8, 4) is 0 Å². The van der Waals surface area contributed by atoms with Crippen LogP contribution in [-0.4, -0.2) is 4.98 Å². The van der Waals surface area contributed by atoms with Gasteiger partial charge >= 0.3 is 0 Å². The van der Waals surface area contributed by atoms with Crippen LogP contribution >= 0.6 is 0 Å². The second-order valence-electron chi connectivity index (χ2n) is 3.46. The highest BCUT2D eigenvalue weighted by molar-refractivity contribution is 5.10. The van der Waals surface area contributed by atoms with Gasteiger partial charge in [-0.05, 0) is 18.8 Å². The van der Waals surface area contributed by atoms with Crippen LogP contribution in [0.2, 0.25) is 0 Å². The predicted molar refractivity (Wildman–Crippen MR) is 48.3 cm³/mol. The topological polar surface area (TPSA) is 32.9 Å². The van der Waals surface area contributed by atoms with Gasteiger partial charge in [0.05, 0.1) is 0 Å². The lowest BCUT2D eigenvalue weighted by molar-refractivity contribution is 0.696. The summed E-state index contributed by atoms with van der Waals surface area (Å²) in [6, 6.07) is 3.30. The Labute approximate surface area is 71.6 Å².